The number of nitrogen functional groups attached to an aromatic ring is 1. The van der Waals surface area contributed by atoms with Crippen LogP contribution in [-0.4, -0.2) is 36.2 Å². The molecule has 1 aliphatic heterocycles. The number of benzene rings is 1. The number of hydrogen-bond acceptors (Lipinski definition) is 4. The summed E-state index contributed by atoms with van der Waals surface area (Å²) in [5.41, 5.74) is 5.96. The van der Waals surface area contributed by atoms with Crippen molar-refractivity contribution in [2.45, 2.75) is 13.0 Å². The molecule has 0 spiro atoms. The van der Waals surface area contributed by atoms with E-state index < -0.39 is 17.4 Å². The topological polar surface area (TPSA) is 102 Å². The normalized spacial score (nSPS) is 25.1. The Morgan fingerprint density at radius 1 is 1.52 bits per heavy atom. The molecule has 112 valence electrons. The summed E-state index contributed by atoms with van der Waals surface area (Å²) < 4.78 is 5.18. The highest BCUT2D eigenvalue weighted by atomic mass is 16.5. The number of carboxylic acids is 1. The second-order valence-electron chi connectivity index (χ2n) is 5.30. The van der Waals surface area contributed by atoms with Gasteiger partial charge in [-0.25, -0.2) is 0 Å². The number of amides is 1. The van der Waals surface area contributed by atoms with Gasteiger partial charge in [0.05, 0.1) is 19.3 Å². The zero-order chi connectivity index (χ0) is 15.5. The van der Waals surface area contributed by atoms with Gasteiger partial charge < -0.3 is 20.9 Å². The summed E-state index contributed by atoms with van der Waals surface area (Å²) in [6.07, 6.45) is 2.98. The van der Waals surface area contributed by atoms with Crippen LogP contribution in [0.15, 0.2) is 30.3 Å². The van der Waals surface area contributed by atoms with Gasteiger partial charge in [-0.1, -0.05) is 12.1 Å². The Bertz CT molecular complexity index is 585. The van der Waals surface area contributed by atoms with E-state index in [-0.39, 0.29) is 19.1 Å². The third-order valence-corrected chi connectivity index (χ3v) is 3.60. The van der Waals surface area contributed by atoms with E-state index in [1.807, 2.05) is 6.07 Å². The fourth-order valence-corrected chi connectivity index (χ4v) is 2.14. The lowest BCUT2D eigenvalue weighted by molar-refractivity contribution is -0.148. The summed E-state index contributed by atoms with van der Waals surface area (Å²) in [6.45, 7) is 1.85. The Hall–Kier alpha value is -2.34. The van der Waals surface area contributed by atoms with Gasteiger partial charge >= 0.3 is 5.97 Å². The molecule has 0 aliphatic carbocycles. The third-order valence-electron chi connectivity index (χ3n) is 3.60. The zero-order valence-electron chi connectivity index (χ0n) is 11.7. The molecule has 1 aliphatic rings. The molecular formula is C15H18N2O4. The average molecular weight is 290 g/mol. The summed E-state index contributed by atoms with van der Waals surface area (Å²) >= 11 is 0. The molecule has 0 aromatic heterocycles. The van der Waals surface area contributed by atoms with Gasteiger partial charge in [0, 0.05) is 11.8 Å². The summed E-state index contributed by atoms with van der Waals surface area (Å²) in [6, 6.07) is 6.56. The molecule has 1 amide bonds. The van der Waals surface area contributed by atoms with Crippen molar-refractivity contribution < 1.29 is 19.4 Å². The maximum atomic E-state index is 11.9. The number of anilines is 1. The van der Waals surface area contributed by atoms with Crippen molar-refractivity contribution in [3.63, 3.8) is 0 Å². The van der Waals surface area contributed by atoms with Crippen LogP contribution in [0.1, 0.15) is 12.5 Å². The standard InChI is InChI=1S/C15H18N2O4/c1-15(14(19)20)9-21-8-12(15)17-13(18)6-5-10-3-2-4-11(16)7-10/h2-7,12H,8-9,16H2,1H3,(H,17,18)(H,19,20)/b6-5+. The molecule has 2 rings (SSSR count). The first-order valence-corrected chi connectivity index (χ1v) is 6.57. The van der Waals surface area contributed by atoms with E-state index in [1.54, 1.807) is 31.2 Å². The number of nitrogens with one attached hydrogen (secondary N) is 1. The molecule has 1 aromatic carbocycles. The fraction of sp³-hybridized carbons (Fsp3) is 0.333. The Morgan fingerprint density at radius 2 is 2.29 bits per heavy atom. The minimum atomic E-state index is -1.10. The molecule has 1 heterocycles. The number of rotatable bonds is 4. The van der Waals surface area contributed by atoms with Gasteiger partial charge in [-0.3, -0.25) is 9.59 Å². The molecule has 1 saturated heterocycles. The van der Waals surface area contributed by atoms with Gasteiger partial charge in [0.15, 0.2) is 0 Å². The lowest BCUT2D eigenvalue weighted by atomic mass is 9.85. The molecule has 1 fully saturated rings. The fourth-order valence-electron chi connectivity index (χ4n) is 2.14. The zero-order valence-corrected chi connectivity index (χ0v) is 11.7. The van der Waals surface area contributed by atoms with Crippen LogP contribution in [0.4, 0.5) is 5.69 Å². The highest BCUT2D eigenvalue weighted by Gasteiger charge is 2.47. The molecule has 2 unspecified atom stereocenters. The summed E-state index contributed by atoms with van der Waals surface area (Å²) in [5.74, 6) is -1.34. The summed E-state index contributed by atoms with van der Waals surface area (Å²) in [4.78, 5) is 23.2. The van der Waals surface area contributed by atoms with E-state index in [0.717, 1.165) is 5.56 Å². The van der Waals surface area contributed by atoms with Crippen LogP contribution < -0.4 is 11.1 Å². The quantitative estimate of drug-likeness (QED) is 0.564. The largest absolute Gasteiger partial charge is 0.481 e. The van der Waals surface area contributed by atoms with Crippen LogP contribution in [0.25, 0.3) is 6.08 Å². The molecule has 21 heavy (non-hydrogen) atoms. The van der Waals surface area contributed by atoms with Crippen molar-refractivity contribution in [2.24, 2.45) is 5.41 Å². The minimum Gasteiger partial charge on any atom is -0.481 e. The monoisotopic (exact) mass is 290 g/mol. The number of carbonyl (C=O) groups excluding carboxylic acids is 1. The first-order chi connectivity index (χ1) is 9.91. The number of hydrogen-bond donors (Lipinski definition) is 3. The van der Waals surface area contributed by atoms with Crippen LogP contribution in [0.2, 0.25) is 0 Å². The lowest BCUT2D eigenvalue weighted by Crippen LogP contribution is -2.49. The first kappa shape index (κ1) is 15.1. The van der Waals surface area contributed by atoms with Gasteiger partial charge in [-0.2, -0.15) is 0 Å². The van der Waals surface area contributed by atoms with E-state index in [1.165, 1.54) is 6.08 Å². The number of carboxylic acid groups (broad SMARTS) is 1. The number of carbonyl (C=O) groups is 2. The Kier molecular flexibility index (Phi) is 4.28. The maximum Gasteiger partial charge on any atom is 0.313 e. The molecule has 0 radical (unpaired) electrons. The van der Waals surface area contributed by atoms with Gasteiger partial charge in [-0.05, 0) is 30.7 Å². The van der Waals surface area contributed by atoms with Crippen molar-refractivity contribution >= 4 is 23.6 Å². The molecule has 6 heteroatoms. The molecule has 2 atom stereocenters. The first-order valence-electron chi connectivity index (χ1n) is 6.57. The maximum absolute atomic E-state index is 11.9. The van der Waals surface area contributed by atoms with E-state index in [9.17, 15) is 14.7 Å². The molecule has 1 aromatic rings. The number of aliphatic carboxylic acids is 1. The smallest absolute Gasteiger partial charge is 0.313 e. The third kappa shape index (κ3) is 3.41. The lowest BCUT2D eigenvalue weighted by Gasteiger charge is -2.24. The van der Waals surface area contributed by atoms with Crippen LogP contribution >= 0.6 is 0 Å². The molecule has 6 nitrogen and oxygen atoms in total. The van der Waals surface area contributed by atoms with Crippen molar-refractivity contribution in [3.05, 3.63) is 35.9 Å². The Morgan fingerprint density at radius 3 is 2.95 bits per heavy atom. The second-order valence-corrected chi connectivity index (χ2v) is 5.30. The SMILES string of the molecule is CC1(C(=O)O)COCC1NC(=O)/C=C/c1cccc(N)c1. The molecular weight excluding hydrogens is 272 g/mol. The van der Waals surface area contributed by atoms with Gasteiger partial charge in [0.1, 0.15) is 5.41 Å². The van der Waals surface area contributed by atoms with E-state index >= 15 is 0 Å². The van der Waals surface area contributed by atoms with Crippen molar-refractivity contribution in [1.82, 2.24) is 5.32 Å². The van der Waals surface area contributed by atoms with Crippen LogP contribution in [0.5, 0.6) is 0 Å². The van der Waals surface area contributed by atoms with Crippen LogP contribution in [0.3, 0.4) is 0 Å². The molecule has 0 bridgehead atoms. The van der Waals surface area contributed by atoms with Gasteiger partial charge in [0.25, 0.3) is 0 Å². The Balaban J connectivity index is 2.00. The van der Waals surface area contributed by atoms with E-state index in [2.05, 4.69) is 5.32 Å². The minimum absolute atomic E-state index is 0.0895. The van der Waals surface area contributed by atoms with E-state index in [4.69, 9.17) is 10.5 Å². The molecule has 0 saturated carbocycles. The van der Waals surface area contributed by atoms with Crippen molar-refractivity contribution in [2.75, 3.05) is 18.9 Å². The van der Waals surface area contributed by atoms with Crippen LogP contribution in [0, 0.1) is 5.41 Å². The highest BCUT2D eigenvalue weighted by molar-refractivity contribution is 5.92. The Labute approximate surface area is 122 Å². The number of nitrogens with two attached hydrogens (primary N) is 1. The van der Waals surface area contributed by atoms with E-state index in [0.29, 0.717) is 5.69 Å². The van der Waals surface area contributed by atoms with Gasteiger partial charge in [0.2, 0.25) is 5.91 Å². The summed E-state index contributed by atoms with van der Waals surface area (Å²) in [7, 11) is 0. The van der Waals surface area contributed by atoms with Gasteiger partial charge in [-0.15, -0.1) is 0 Å². The summed E-state index contributed by atoms with van der Waals surface area (Å²) in [5, 5.41) is 11.9. The predicted molar refractivity (Wildman–Crippen MR) is 78.4 cm³/mol. The average Bonchev–Trinajstić information content (AvgIpc) is 2.79. The van der Waals surface area contributed by atoms with Crippen molar-refractivity contribution in [3.8, 4) is 0 Å². The molecule has 4 N–H and O–H groups in total. The van der Waals surface area contributed by atoms with Crippen LogP contribution in [-0.2, 0) is 14.3 Å². The highest BCUT2D eigenvalue weighted by Crippen LogP contribution is 2.28. The second kappa shape index (κ2) is 5.97. The predicted octanol–water partition coefficient (Wildman–Crippen LogP) is 0.888. The van der Waals surface area contributed by atoms with Crippen molar-refractivity contribution in [1.29, 1.82) is 0 Å². The number of ether oxygens (including phenoxy) is 1.